The highest BCUT2D eigenvalue weighted by molar-refractivity contribution is 7.87. The van der Waals surface area contributed by atoms with E-state index in [0.29, 0.717) is 0 Å². The van der Waals surface area contributed by atoms with Crippen LogP contribution >= 0.6 is 0 Å². The van der Waals surface area contributed by atoms with Gasteiger partial charge in [0.25, 0.3) is 0 Å². The molecule has 1 unspecified atom stereocenters. The van der Waals surface area contributed by atoms with Gasteiger partial charge in [-0.05, 0) is 6.92 Å². The molecule has 0 radical (unpaired) electrons. The highest BCUT2D eigenvalue weighted by Gasteiger charge is 2.25. The molecule has 1 atom stereocenters. The van der Waals surface area contributed by atoms with Gasteiger partial charge >= 0.3 is 5.97 Å². The van der Waals surface area contributed by atoms with Crippen molar-refractivity contribution in [2.24, 2.45) is 0 Å². The molecule has 0 aliphatic rings. The van der Waals surface area contributed by atoms with Crippen molar-refractivity contribution in [1.29, 1.82) is 0 Å². The maximum Gasteiger partial charge on any atom is 0.307 e. The molecule has 0 aromatic heterocycles. The van der Waals surface area contributed by atoms with Gasteiger partial charge in [-0.25, -0.2) is 8.42 Å². The van der Waals surface area contributed by atoms with Crippen molar-refractivity contribution in [3.63, 3.8) is 0 Å². The Labute approximate surface area is 75.6 Å². The Balaban J connectivity index is 4.66. The number of Topliss-reactive ketones (excluding diaryl/α,β-unsaturated/α-hetero) is 1. The van der Waals surface area contributed by atoms with Crippen LogP contribution in [0.2, 0.25) is 0 Å². The molecule has 0 heterocycles. The molecule has 0 bridgehead atoms. The molecule has 76 valence electrons. The maximum absolute atomic E-state index is 10.7. The third-order valence-corrected chi connectivity index (χ3v) is 2.58. The van der Waals surface area contributed by atoms with Crippen LogP contribution in [-0.4, -0.2) is 37.1 Å². The Morgan fingerprint density at radius 2 is 1.92 bits per heavy atom. The Kier molecular flexibility index (Phi) is 4.02. The first-order valence-electron chi connectivity index (χ1n) is 3.31. The Hall–Kier alpha value is -0.950. The molecule has 13 heavy (non-hydrogen) atoms. The largest absolute Gasteiger partial charge is 0.747 e. The van der Waals surface area contributed by atoms with Gasteiger partial charge in [-0.3, -0.25) is 9.59 Å². The minimum atomic E-state index is -4.77. The molecule has 0 aliphatic heterocycles. The molecule has 0 spiro atoms. The molecule has 0 aromatic carbocycles. The fourth-order valence-corrected chi connectivity index (χ4v) is 1.43. The molecule has 0 fully saturated rings. The van der Waals surface area contributed by atoms with Gasteiger partial charge in [0.05, 0.1) is 13.5 Å². The lowest BCUT2D eigenvalue weighted by Crippen LogP contribution is -2.31. The van der Waals surface area contributed by atoms with Crippen molar-refractivity contribution in [3.8, 4) is 0 Å². The lowest BCUT2D eigenvalue weighted by molar-refractivity contribution is -0.141. The third kappa shape index (κ3) is 4.00. The number of methoxy groups -OCH3 is 1. The molecule has 0 aromatic rings. The van der Waals surface area contributed by atoms with Crippen molar-refractivity contribution < 1.29 is 27.3 Å². The summed E-state index contributed by atoms with van der Waals surface area (Å²) in [4.78, 5) is 21.3. The van der Waals surface area contributed by atoms with Crippen molar-refractivity contribution in [2.45, 2.75) is 18.6 Å². The first-order chi connectivity index (χ1) is 5.79. The number of ketones is 1. The van der Waals surface area contributed by atoms with E-state index >= 15 is 0 Å². The summed E-state index contributed by atoms with van der Waals surface area (Å²) in [6.07, 6.45) is -0.725. The van der Waals surface area contributed by atoms with Gasteiger partial charge in [0, 0.05) is 0 Å². The van der Waals surface area contributed by atoms with Crippen molar-refractivity contribution in [1.82, 2.24) is 0 Å². The highest BCUT2D eigenvalue weighted by atomic mass is 32.2. The van der Waals surface area contributed by atoms with Gasteiger partial charge < -0.3 is 9.29 Å². The number of esters is 1. The average molecular weight is 209 g/mol. The van der Waals surface area contributed by atoms with Crippen LogP contribution in [0.15, 0.2) is 0 Å². The van der Waals surface area contributed by atoms with Crippen molar-refractivity contribution in [3.05, 3.63) is 0 Å². The maximum atomic E-state index is 10.7. The zero-order valence-corrected chi connectivity index (χ0v) is 7.96. The summed E-state index contributed by atoms with van der Waals surface area (Å²) in [6, 6.07) is 0. The normalized spacial score (nSPS) is 13.5. The molecule has 0 amide bonds. The van der Waals surface area contributed by atoms with E-state index < -0.39 is 33.5 Å². The lowest BCUT2D eigenvalue weighted by Gasteiger charge is -2.15. The van der Waals surface area contributed by atoms with Crippen LogP contribution in [0.1, 0.15) is 13.3 Å². The van der Waals surface area contributed by atoms with E-state index in [4.69, 9.17) is 0 Å². The molecular formula is C6H9O6S-. The summed E-state index contributed by atoms with van der Waals surface area (Å²) in [7, 11) is -3.73. The predicted molar refractivity (Wildman–Crippen MR) is 40.8 cm³/mol. The molecule has 0 rings (SSSR count). The van der Waals surface area contributed by atoms with Gasteiger partial charge in [0.15, 0.2) is 0 Å². The number of carbonyl (C=O) groups is 2. The molecule has 7 heteroatoms. The zero-order chi connectivity index (χ0) is 10.6. The smallest absolute Gasteiger partial charge is 0.307 e. The second kappa shape index (κ2) is 4.33. The number of rotatable bonds is 4. The van der Waals surface area contributed by atoms with Crippen LogP contribution in [0.4, 0.5) is 0 Å². The number of hydrogen-bond donors (Lipinski definition) is 0. The van der Waals surface area contributed by atoms with Gasteiger partial charge in [-0.2, -0.15) is 0 Å². The van der Waals surface area contributed by atoms with E-state index in [0.717, 1.165) is 14.0 Å². The van der Waals surface area contributed by atoms with Gasteiger partial charge in [0.1, 0.15) is 21.2 Å². The first-order valence-corrected chi connectivity index (χ1v) is 4.78. The Bertz CT molecular complexity index is 303. The number of hydrogen-bond acceptors (Lipinski definition) is 6. The van der Waals surface area contributed by atoms with E-state index in [9.17, 15) is 22.6 Å². The highest BCUT2D eigenvalue weighted by Crippen LogP contribution is 2.06. The summed E-state index contributed by atoms with van der Waals surface area (Å²) in [5, 5.41) is -1.83. The van der Waals surface area contributed by atoms with Crippen molar-refractivity contribution in [2.75, 3.05) is 7.11 Å². The third-order valence-electron chi connectivity index (χ3n) is 1.38. The number of ether oxygens (including phenoxy) is 1. The summed E-state index contributed by atoms with van der Waals surface area (Å²) < 4.78 is 35.5. The topological polar surface area (TPSA) is 101 Å². The fraction of sp³-hybridized carbons (Fsp3) is 0.667. The van der Waals surface area contributed by atoms with Gasteiger partial charge in [-0.1, -0.05) is 0 Å². The molecular weight excluding hydrogens is 200 g/mol. The lowest BCUT2D eigenvalue weighted by atomic mass is 10.2. The Morgan fingerprint density at radius 1 is 1.46 bits per heavy atom. The van der Waals surface area contributed by atoms with Crippen LogP contribution in [0.25, 0.3) is 0 Å². The summed E-state index contributed by atoms with van der Waals surface area (Å²) >= 11 is 0. The molecule has 0 saturated heterocycles. The van der Waals surface area contributed by atoms with E-state index in [1.807, 2.05) is 0 Å². The van der Waals surface area contributed by atoms with Crippen LogP contribution in [0, 0.1) is 0 Å². The molecule has 0 aliphatic carbocycles. The monoisotopic (exact) mass is 209 g/mol. The Morgan fingerprint density at radius 3 is 2.15 bits per heavy atom. The minimum absolute atomic E-state index is 0.725. The van der Waals surface area contributed by atoms with E-state index in [-0.39, 0.29) is 0 Å². The standard InChI is InChI=1S/C6H10O6S/c1-4(7)5(13(9,10)11)3-6(8)12-2/h5H,3H2,1-2H3,(H,9,10,11)/p-1. The molecule has 0 saturated carbocycles. The summed E-state index contributed by atoms with van der Waals surface area (Å²) in [5.41, 5.74) is 0. The second-order valence-electron chi connectivity index (χ2n) is 2.37. The predicted octanol–water partition coefficient (Wildman–Crippen LogP) is -0.948. The average Bonchev–Trinajstić information content (AvgIpc) is 1.96. The van der Waals surface area contributed by atoms with Gasteiger partial charge in [0.2, 0.25) is 0 Å². The zero-order valence-electron chi connectivity index (χ0n) is 7.14. The summed E-state index contributed by atoms with van der Waals surface area (Å²) in [6.45, 7) is 0.934. The summed E-state index contributed by atoms with van der Waals surface area (Å²) in [5.74, 6) is -1.76. The van der Waals surface area contributed by atoms with Crippen LogP contribution < -0.4 is 0 Å². The van der Waals surface area contributed by atoms with Crippen LogP contribution in [-0.2, 0) is 24.4 Å². The fourth-order valence-electron chi connectivity index (χ4n) is 0.684. The molecule has 6 nitrogen and oxygen atoms in total. The quantitative estimate of drug-likeness (QED) is 0.437. The second-order valence-corrected chi connectivity index (χ2v) is 3.93. The van der Waals surface area contributed by atoms with Crippen LogP contribution in [0.3, 0.4) is 0 Å². The van der Waals surface area contributed by atoms with Crippen molar-refractivity contribution >= 4 is 21.9 Å². The SMILES string of the molecule is COC(=O)CC(C(C)=O)S(=O)(=O)[O-]. The van der Waals surface area contributed by atoms with Gasteiger partial charge in [-0.15, -0.1) is 0 Å². The minimum Gasteiger partial charge on any atom is -0.747 e. The van der Waals surface area contributed by atoms with Crippen LogP contribution in [0.5, 0.6) is 0 Å². The van der Waals surface area contributed by atoms with E-state index in [2.05, 4.69) is 4.74 Å². The number of carbonyl (C=O) groups excluding carboxylic acids is 2. The van der Waals surface area contributed by atoms with E-state index in [1.54, 1.807) is 0 Å². The first kappa shape index (κ1) is 12.0. The molecule has 0 N–H and O–H groups in total. The van der Waals surface area contributed by atoms with E-state index in [1.165, 1.54) is 0 Å².